The number of aromatic nitrogens is 3. The molecular weight excluding hydrogens is 521 g/mol. The number of benzene rings is 1. The Morgan fingerprint density at radius 1 is 1.22 bits per heavy atom. The first-order chi connectivity index (χ1) is 19.4. The van der Waals surface area contributed by atoms with Crippen molar-refractivity contribution in [3.8, 4) is 11.6 Å². The first-order valence-corrected chi connectivity index (χ1v) is 15.0. The molecule has 0 bridgehead atoms. The topological polar surface area (TPSA) is 86.7 Å². The molecule has 2 aliphatic rings. The van der Waals surface area contributed by atoms with Crippen LogP contribution in [-0.2, 0) is 0 Å². The maximum atomic E-state index is 14.3. The average Bonchev–Trinajstić information content (AvgIpc) is 3.35. The zero-order valence-corrected chi connectivity index (χ0v) is 26.1. The van der Waals surface area contributed by atoms with E-state index in [1.165, 1.54) is 30.9 Å². The Bertz CT molecular complexity index is 1200. The van der Waals surface area contributed by atoms with Crippen LogP contribution in [0.3, 0.4) is 0 Å². The summed E-state index contributed by atoms with van der Waals surface area (Å²) in [5.41, 5.74) is 0.504. The molecule has 0 saturated carbocycles. The average molecular weight is 570 g/mol. The number of nitrogens with zero attached hydrogens (tertiary/aromatic N) is 6. The third kappa shape index (κ3) is 6.97. The molecule has 1 spiro atoms. The summed E-state index contributed by atoms with van der Waals surface area (Å²) in [4.78, 5) is 24.4. The van der Waals surface area contributed by atoms with Gasteiger partial charge in [0, 0.05) is 55.8 Å². The number of hydrogen-bond acceptors (Lipinski definition) is 8. The maximum absolute atomic E-state index is 14.3. The molecule has 0 radical (unpaired) electrons. The van der Waals surface area contributed by atoms with Gasteiger partial charge in [0.15, 0.2) is 5.82 Å². The minimum absolute atomic E-state index is 0.0368. The van der Waals surface area contributed by atoms with Gasteiger partial charge in [-0.3, -0.25) is 9.69 Å². The van der Waals surface area contributed by atoms with Gasteiger partial charge in [-0.2, -0.15) is 0 Å². The lowest BCUT2D eigenvalue weighted by atomic mass is 9.76. The number of nitrogens with one attached hydrogen (secondary N) is 1. The smallest absolute Gasteiger partial charge is 0.282 e. The molecule has 10 heteroatoms. The lowest BCUT2D eigenvalue weighted by Crippen LogP contribution is -2.62. The lowest BCUT2D eigenvalue weighted by Gasteiger charge is -2.53. The van der Waals surface area contributed by atoms with Crippen LogP contribution < -0.4 is 15.0 Å². The summed E-state index contributed by atoms with van der Waals surface area (Å²) < 4.78 is 20.4. The predicted molar refractivity (Wildman–Crippen MR) is 160 cm³/mol. The zero-order chi connectivity index (χ0) is 29.9. The van der Waals surface area contributed by atoms with E-state index in [0.29, 0.717) is 24.3 Å². The zero-order valence-electron chi connectivity index (χ0n) is 26.1. The molecule has 9 nitrogen and oxygen atoms in total. The Kier molecular flexibility index (Phi) is 9.53. The number of ether oxygens (including phenoxy) is 1. The van der Waals surface area contributed by atoms with E-state index in [-0.39, 0.29) is 40.1 Å². The minimum atomic E-state index is -0.497. The second-order valence-electron chi connectivity index (χ2n) is 13.1. The molecule has 1 atom stereocenters. The number of carbonyl (C=O) groups excluding carboxylic acids is 1. The molecule has 1 N–H and O–H groups in total. The Balaban J connectivity index is 1.48. The van der Waals surface area contributed by atoms with E-state index in [1.54, 1.807) is 4.90 Å². The molecule has 1 amide bonds. The van der Waals surface area contributed by atoms with E-state index in [2.05, 4.69) is 58.0 Å². The fourth-order valence-corrected chi connectivity index (χ4v) is 6.30. The largest absolute Gasteiger partial charge is 0.434 e. The molecule has 1 aromatic heterocycles. The van der Waals surface area contributed by atoms with Crippen LogP contribution in [0.15, 0.2) is 24.5 Å². The van der Waals surface area contributed by atoms with Crippen molar-refractivity contribution in [3.05, 3.63) is 35.9 Å². The molecule has 1 aromatic carbocycles. The monoisotopic (exact) mass is 569 g/mol. The predicted octanol–water partition coefficient (Wildman–Crippen LogP) is 4.99. The van der Waals surface area contributed by atoms with Gasteiger partial charge in [-0.25, -0.2) is 9.37 Å². The van der Waals surface area contributed by atoms with Gasteiger partial charge >= 0.3 is 0 Å². The number of halogens is 1. The summed E-state index contributed by atoms with van der Waals surface area (Å²) in [6, 6.07) is 4.52. The Hall–Kier alpha value is -2.85. The van der Waals surface area contributed by atoms with Crippen molar-refractivity contribution in [1.82, 2.24) is 30.3 Å². The molecule has 2 aliphatic heterocycles. The van der Waals surface area contributed by atoms with Gasteiger partial charge in [-0.05, 0) is 85.0 Å². The van der Waals surface area contributed by atoms with Crippen LogP contribution >= 0.6 is 0 Å². The molecule has 3 heterocycles. The second-order valence-corrected chi connectivity index (χ2v) is 13.1. The quantitative estimate of drug-likeness (QED) is 0.383. The number of hydrogen-bond donors (Lipinski definition) is 1. The van der Waals surface area contributed by atoms with Crippen molar-refractivity contribution in [3.63, 3.8) is 0 Å². The van der Waals surface area contributed by atoms with Crippen LogP contribution in [0.4, 0.5) is 10.2 Å². The third-order valence-corrected chi connectivity index (χ3v) is 8.97. The van der Waals surface area contributed by atoms with Crippen LogP contribution in [0, 0.1) is 17.2 Å². The highest BCUT2D eigenvalue weighted by molar-refractivity contribution is 5.97. The van der Waals surface area contributed by atoms with E-state index in [1.807, 2.05) is 27.8 Å². The number of amides is 1. The molecular formula is C31H48FN7O2. The van der Waals surface area contributed by atoms with Crippen molar-refractivity contribution >= 4 is 11.7 Å². The van der Waals surface area contributed by atoms with Gasteiger partial charge in [0.05, 0.1) is 5.56 Å². The van der Waals surface area contributed by atoms with Crippen molar-refractivity contribution in [2.45, 2.75) is 85.4 Å². The maximum Gasteiger partial charge on any atom is 0.282 e. The number of carbonyl (C=O) groups is 1. The highest BCUT2D eigenvalue weighted by Crippen LogP contribution is 2.44. The van der Waals surface area contributed by atoms with Crippen LogP contribution in [-0.4, -0.2) is 88.3 Å². The minimum Gasteiger partial charge on any atom is -0.434 e. The highest BCUT2D eigenvalue weighted by atomic mass is 19.1. The molecule has 2 aromatic rings. The third-order valence-electron chi connectivity index (χ3n) is 8.97. The van der Waals surface area contributed by atoms with E-state index in [4.69, 9.17) is 4.74 Å². The lowest BCUT2D eigenvalue weighted by molar-refractivity contribution is -0.0355. The van der Waals surface area contributed by atoms with E-state index in [0.717, 1.165) is 39.0 Å². The molecule has 4 rings (SSSR count). The Morgan fingerprint density at radius 2 is 1.95 bits per heavy atom. The molecule has 2 saturated heterocycles. The summed E-state index contributed by atoms with van der Waals surface area (Å²) in [5.74, 6) is 0.877. The van der Waals surface area contributed by atoms with Gasteiger partial charge in [-0.1, -0.05) is 13.8 Å². The van der Waals surface area contributed by atoms with Crippen molar-refractivity contribution < 1.29 is 13.9 Å². The number of likely N-dealkylation sites (tertiary alicyclic amines) is 1. The van der Waals surface area contributed by atoms with Gasteiger partial charge in [0.2, 0.25) is 0 Å². The first-order valence-electron chi connectivity index (χ1n) is 15.0. The van der Waals surface area contributed by atoms with E-state index < -0.39 is 5.82 Å². The van der Waals surface area contributed by atoms with Crippen LogP contribution in [0.1, 0.15) is 78.1 Å². The Labute approximate surface area is 244 Å². The summed E-state index contributed by atoms with van der Waals surface area (Å²) in [5, 5.41) is 11.6. The van der Waals surface area contributed by atoms with Crippen molar-refractivity contribution in [1.29, 1.82) is 0 Å². The summed E-state index contributed by atoms with van der Waals surface area (Å²) >= 11 is 0. The van der Waals surface area contributed by atoms with Gasteiger partial charge in [0.25, 0.3) is 11.8 Å². The summed E-state index contributed by atoms with van der Waals surface area (Å²) in [6.45, 7) is 19.3. The summed E-state index contributed by atoms with van der Waals surface area (Å²) in [6.07, 6.45) is 4.80. The van der Waals surface area contributed by atoms with Crippen LogP contribution in [0.2, 0.25) is 0 Å². The fraction of sp³-hybridized carbons (Fsp3) is 0.677. The fourth-order valence-electron chi connectivity index (χ4n) is 6.30. The normalized spacial score (nSPS) is 17.8. The molecule has 0 aliphatic carbocycles. The van der Waals surface area contributed by atoms with Gasteiger partial charge in [-0.15, -0.1) is 10.2 Å². The van der Waals surface area contributed by atoms with Crippen LogP contribution in [0.5, 0.6) is 11.6 Å². The molecule has 41 heavy (non-hydrogen) atoms. The molecule has 2 fully saturated rings. The standard InChI is InChI=1S/C31H48FN7O2/c1-9-39(22(4)5)29(40)24-16-23(32)10-11-26(24)41-28-27(34-20-35-36-28)37-15-14-31(17-37)18-38(19-31)25(21(2)3)12-13-30(6,7)33-8/h10-11,16,20-22,25,33H,9,12-15,17-19H2,1-8H3/t25-/m0/s1. The van der Waals surface area contributed by atoms with Gasteiger partial charge in [0.1, 0.15) is 17.9 Å². The SMILES string of the molecule is CCN(C(=O)c1cc(F)ccc1Oc1nncnc1N1CCC2(C1)CN([C@@H](CCC(C)(C)NC)C(C)C)C2)C(C)C. The second kappa shape index (κ2) is 12.6. The van der Waals surface area contributed by atoms with E-state index >= 15 is 0 Å². The molecule has 0 unspecified atom stereocenters. The van der Waals surface area contributed by atoms with E-state index in [9.17, 15) is 9.18 Å². The summed E-state index contributed by atoms with van der Waals surface area (Å²) in [7, 11) is 2.04. The first kappa shape index (κ1) is 31.1. The number of rotatable bonds is 12. The number of anilines is 1. The molecule has 226 valence electrons. The van der Waals surface area contributed by atoms with Crippen molar-refractivity contribution in [2.75, 3.05) is 44.7 Å². The van der Waals surface area contributed by atoms with Gasteiger partial charge < -0.3 is 19.9 Å². The highest BCUT2D eigenvalue weighted by Gasteiger charge is 2.50. The van der Waals surface area contributed by atoms with Crippen molar-refractivity contribution in [2.24, 2.45) is 11.3 Å². The van der Waals surface area contributed by atoms with Crippen LogP contribution in [0.25, 0.3) is 0 Å². The Morgan fingerprint density at radius 3 is 2.59 bits per heavy atom.